The topological polar surface area (TPSA) is 36.9 Å². The van der Waals surface area contributed by atoms with Crippen LogP contribution >= 0.6 is 0 Å². The van der Waals surface area contributed by atoms with Crippen LogP contribution < -0.4 is 42.5 Å². The first-order valence-corrected chi connectivity index (χ1v) is 33.3. The Hall–Kier alpha value is -0.592. The van der Waals surface area contributed by atoms with E-state index in [0.717, 1.165) is 105 Å². The van der Waals surface area contributed by atoms with Gasteiger partial charge in [0.2, 0.25) is 16.6 Å². The molecule has 56 heavy (non-hydrogen) atoms. The van der Waals surface area contributed by atoms with Gasteiger partial charge in [0, 0.05) is 9.52 Å². The third-order valence-corrected chi connectivity index (χ3v) is 30.5. The first-order chi connectivity index (χ1) is 25.5. The van der Waals surface area contributed by atoms with Crippen LogP contribution in [0.1, 0.15) is 83.1 Å². The SMILES string of the molecule is CC[Si](CC)(CC)Oc1ccc2[cH-]ccc2c1O[Si](CC)(CC)CC.CC[Si](CC)(CC)Oc1ccc2[cH-]ccc2c1O[Si](CC)(CC)CC.C[Si]C.[Cl-].[Cl-].[Zr+4]. The molecule has 0 amide bonds. The molecule has 0 unspecified atom stereocenters. The summed E-state index contributed by atoms with van der Waals surface area (Å²) in [6, 6.07) is 35.4. The Morgan fingerprint density at radius 2 is 0.643 bits per heavy atom. The predicted molar refractivity (Wildman–Crippen MR) is 248 cm³/mol. The van der Waals surface area contributed by atoms with E-state index in [1.165, 1.54) is 21.5 Å². The van der Waals surface area contributed by atoms with Crippen molar-refractivity contribution >= 4 is 64.3 Å². The summed E-state index contributed by atoms with van der Waals surface area (Å²) in [5, 5.41) is 4.95. The first kappa shape index (κ1) is 57.5. The van der Waals surface area contributed by atoms with Gasteiger partial charge in [-0.25, -0.2) is 0 Å². The molecule has 0 fully saturated rings. The van der Waals surface area contributed by atoms with Gasteiger partial charge in [0.25, 0.3) is 16.6 Å². The summed E-state index contributed by atoms with van der Waals surface area (Å²) in [5.41, 5.74) is 0. The van der Waals surface area contributed by atoms with Gasteiger partial charge in [0.05, 0.1) is 11.5 Å². The maximum absolute atomic E-state index is 6.87. The second-order valence-electron chi connectivity index (χ2n) is 14.7. The molecule has 4 aromatic rings. The van der Waals surface area contributed by atoms with Crippen LogP contribution in [0.4, 0.5) is 0 Å². The standard InChI is InChI=1S/2C21H35O2Si2.C2H6Si.2ClH.Zr/c2*1-7-24(8-2,9-3)22-20-17-16-18-14-13-15-19(18)21(20)23-25(10-4,11-5)12-6;1-3-2;;;/h2*13-17H,7-12H2,1-6H3;1-2H3;2*1H;/q2*-1;;;;+4/p-2. The van der Waals surface area contributed by atoms with Gasteiger partial charge in [-0.15, -0.1) is 35.0 Å². The minimum Gasteiger partial charge on any atom is -1.00 e. The van der Waals surface area contributed by atoms with Crippen LogP contribution in [0.5, 0.6) is 23.0 Å². The summed E-state index contributed by atoms with van der Waals surface area (Å²) in [6.07, 6.45) is 0. The largest absolute Gasteiger partial charge is 4.00 e. The van der Waals surface area contributed by atoms with Crippen LogP contribution in [0.25, 0.3) is 21.5 Å². The minimum absolute atomic E-state index is 0. The summed E-state index contributed by atoms with van der Waals surface area (Å²) in [5.74, 6) is 4.02. The number of rotatable bonds is 20. The normalized spacial score (nSPS) is 11.5. The van der Waals surface area contributed by atoms with Gasteiger partial charge in [-0.2, -0.15) is 24.3 Å². The van der Waals surface area contributed by atoms with Crippen molar-refractivity contribution in [3.63, 3.8) is 0 Å². The van der Waals surface area contributed by atoms with E-state index in [0.29, 0.717) is 0 Å². The summed E-state index contributed by atoms with van der Waals surface area (Å²) >= 11 is 0. The molecular weight excluding hydrogens is 895 g/mol. The fraction of sp³-hybridized carbons (Fsp3) is 0.591. The molecule has 0 spiro atoms. The van der Waals surface area contributed by atoms with Gasteiger partial charge < -0.3 is 42.5 Å². The molecule has 12 heteroatoms. The molecule has 0 atom stereocenters. The minimum atomic E-state index is -1.75. The second-order valence-corrected chi connectivity index (χ2v) is 34.5. The fourth-order valence-electron chi connectivity index (χ4n) is 7.46. The zero-order valence-corrected chi connectivity index (χ0v) is 46.6. The van der Waals surface area contributed by atoms with E-state index in [1.807, 2.05) is 0 Å². The van der Waals surface area contributed by atoms with Crippen LogP contribution in [-0.2, 0) is 26.2 Å². The number of hydrogen-bond acceptors (Lipinski definition) is 4. The Balaban J connectivity index is 0. The zero-order valence-electron chi connectivity index (χ0n) is 37.6. The van der Waals surface area contributed by atoms with Gasteiger partial charge in [0.1, 0.15) is 11.5 Å². The van der Waals surface area contributed by atoms with Crippen LogP contribution in [0, 0.1) is 0 Å². The Labute approximate surface area is 382 Å². The van der Waals surface area contributed by atoms with Crippen molar-refractivity contribution in [1.29, 1.82) is 0 Å². The molecule has 0 bridgehead atoms. The maximum Gasteiger partial charge on any atom is 4.00 e. The molecule has 0 aromatic heterocycles. The van der Waals surface area contributed by atoms with E-state index >= 15 is 0 Å². The molecule has 0 N–H and O–H groups in total. The zero-order chi connectivity index (χ0) is 39.7. The van der Waals surface area contributed by atoms with Crippen molar-refractivity contribution in [3.8, 4) is 23.0 Å². The molecule has 4 nitrogen and oxygen atoms in total. The van der Waals surface area contributed by atoms with E-state index in [2.05, 4.69) is 157 Å². The van der Waals surface area contributed by atoms with Crippen molar-refractivity contribution in [2.24, 2.45) is 0 Å². The van der Waals surface area contributed by atoms with Gasteiger partial charge in [-0.05, 0) is 72.5 Å². The number of fused-ring (bicyclic) bond motifs is 2. The third kappa shape index (κ3) is 14.3. The fourth-order valence-corrected chi connectivity index (χ4v) is 17.7. The van der Waals surface area contributed by atoms with Gasteiger partial charge >= 0.3 is 26.2 Å². The molecule has 0 heterocycles. The van der Waals surface area contributed by atoms with Crippen LogP contribution in [0.2, 0.25) is 85.6 Å². The van der Waals surface area contributed by atoms with E-state index in [1.54, 1.807) is 0 Å². The molecule has 4 rings (SSSR count). The van der Waals surface area contributed by atoms with Crippen LogP contribution in [0.15, 0.2) is 60.7 Å². The number of halogens is 2. The van der Waals surface area contributed by atoms with Crippen molar-refractivity contribution in [2.75, 3.05) is 0 Å². The molecule has 0 aliphatic heterocycles. The molecule has 0 saturated carbocycles. The molecule has 2 radical (unpaired) electrons. The smallest absolute Gasteiger partial charge is 1.00 e. The quantitative estimate of drug-likeness (QED) is 0.0654. The van der Waals surface area contributed by atoms with E-state index < -0.39 is 33.3 Å². The second kappa shape index (κ2) is 28.0. The summed E-state index contributed by atoms with van der Waals surface area (Å²) in [7, 11) is -5.87. The number of hydrogen-bond donors (Lipinski definition) is 0. The van der Waals surface area contributed by atoms with Crippen LogP contribution in [0.3, 0.4) is 0 Å². The Kier molecular flexibility index (Phi) is 28.8. The van der Waals surface area contributed by atoms with Crippen molar-refractivity contribution in [1.82, 2.24) is 0 Å². The van der Waals surface area contributed by atoms with E-state index in [-0.39, 0.29) is 51.0 Å². The summed E-state index contributed by atoms with van der Waals surface area (Å²) < 4.78 is 27.3. The van der Waals surface area contributed by atoms with Gasteiger partial charge in [-0.3, -0.25) is 0 Å². The van der Waals surface area contributed by atoms with E-state index in [4.69, 9.17) is 17.7 Å². The Morgan fingerprint density at radius 1 is 0.411 bits per heavy atom. The van der Waals surface area contributed by atoms with Crippen molar-refractivity contribution in [3.05, 3.63) is 60.7 Å². The summed E-state index contributed by atoms with van der Waals surface area (Å²) in [6.45, 7) is 31.7. The molecule has 0 aliphatic carbocycles. The number of benzene rings is 2. The molecular formula is C44H76Cl2O4Si5Zr. The summed E-state index contributed by atoms with van der Waals surface area (Å²) in [4.78, 5) is 0. The molecule has 4 aromatic carbocycles. The molecule has 314 valence electrons. The van der Waals surface area contributed by atoms with Gasteiger partial charge in [-0.1, -0.05) is 119 Å². The monoisotopic (exact) mass is 968 g/mol. The van der Waals surface area contributed by atoms with Crippen LogP contribution in [-0.4, -0.2) is 42.8 Å². The average molecular weight is 972 g/mol. The Morgan fingerprint density at radius 3 is 0.875 bits per heavy atom. The van der Waals surface area contributed by atoms with E-state index in [9.17, 15) is 0 Å². The van der Waals surface area contributed by atoms with Crippen molar-refractivity contribution < 1.29 is 68.7 Å². The average Bonchev–Trinajstić information content (AvgIpc) is 3.90. The maximum atomic E-state index is 6.87. The predicted octanol–water partition coefficient (Wildman–Crippen LogP) is 9.45. The Bertz CT molecular complexity index is 1460. The first-order valence-electron chi connectivity index (χ1n) is 21.2. The van der Waals surface area contributed by atoms with Gasteiger partial charge in [0.15, 0.2) is 0 Å². The van der Waals surface area contributed by atoms with Crippen molar-refractivity contribution in [2.45, 2.75) is 169 Å². The third-order valence-electron chi connectivity index (χ3n) is 12.5. The molecule has 0 saturated heterocycles. The molecule has 0 aliphatic rings.